The number of rotatable bonds is 5. The summed E-state index contributed by atoms with van der Waals surface area (Å²) in [6.45, 7) is 6.29. The van der Waals surface area contributed by atoms with Gasteiger partial charge in [0.15, 0.2) is 0 Å². The van der Waals surface area contributed by atoms with Crippen molar-refractivity contribution in [1.82, 2.24) is 10.6 Å². The summed E-state index contributed by atoms with van der Waals surface area (Å²) in [4.78, 5) is 23.6. The van der Waals surface area contributed by atoms with Crippen LogP contribution in [0.3, 0.4) is 0 Å². The minimum absolute atomic E-state index is 0.00273. The molecule has 3 atom stereocenters. The molecule has 1 aliphatic rings. The van der Waals surface area contributed by atoms with Crippen LogP contribution in [0.5, 0.6) is 0 Å². The lowest BCUT2D eigenvalue weighted by molar-refractivity contribution is -0.128. The molecule has 0 aromatic carbocycles. The van der Waals surface area contributed by atoms with Gasteiger partial charge in [-0.05, 0) is 32.6 Å². The number of nitrogens with two attached hydrogens (primary N) is 1. The Morgan fingerprint density at radius 3 is 2.58 bits per heavy atom. The fourth-order valence-electron chi connectivity index (χ4n) is 2.72. The van der Waals surface area contributed by atoms with Gasteiger partial charge in [0.2, 0.25) is 11.8 Å². The summed E-state index contributed by atoms with van der Waals surface area (Å²) in [5, 5.41) is 5.64. The highest BCUT2D eigenvalue weighted by atomic mass is 16.2. The van der Waals surface area contributed by atoms with Crippen LogP contribution in [-0.2, 0) is 9.59 Å². The van der Waals surface area contributed by atoms with Crippen LogP contribution in [0.15, 0.2) is 0 Å². The monoisotopic (exact) mass is 269 g/mol. The van der Waals surface area contributed by atoms with Gasteiger partial charge in [0.1, 0.15) is 0 Å². The Balaban J connectivity index is 2.32. The minimum Gasteiger partial charge on any atom is -0.355 e. The molecule has 5 heteroatoms. The van der Waals surface area contributed by atoms with Crippen LogP contribution in [0, 0.1) is 11.8 Å². The van der Waals surface area contributed by atoms with E-state index in [0.29, 0.717) is 18.9 Å². The lowest BCUT2D eigenvalue weighted by Crippen LogP contribution is -2.47. The van der Waals surface area contributed by atoms with Gasteiger partial charge < -0.3 is 16.4 Å². The molecule has 0 aromatic heterocycles. The summed E-state index contributed by atoms with van der Waals surface area (Å²) in [7, 11) is 0. The van der Waals surface area contributed by atoms with Crippen LogP contribution in [0.4, 0.5) is 0 Å². The van der Waals surface area contributed by atoms with Crippen molar-refractivity contribution in [2.75, 3.05) is 6.54 Å². The lowest BCUT2D eigenvalue weighted by atomic mass is 9.76. The van der Waals surface area contributed by atoms with E-state index in [1.807, 2.05) is 13.8 Å². The van der Waals surface area contributed by atoms with Crippen molar-refractivity contribution in [3.63, 3.8) is 0 Å². The second-order valence-electron chi connectivity index (χ2n) is 5.86. The van der Waals surface area contributed by atoms with E-state index in [9.17, 15) is 9.59 Å². The number of carbonyl (C=O) groups is 2. The summed E-state index contributed by atoms with van der Waals surface area (Å²) in [5.74, 6) is 0.184. The van der Waals surface area contributed by atoms with Gasteiger partial charge in [-0.15, -0.1) is 0 Å². The average Bonchev–Trinajstić information content (AvgIpc) is 2.27. The zero-order valence-electron chi connectivity index (χ0n) is 12.2. The van der Waals surface area contributed by atoms with Crippen LogP contribution in [-0.4, -0.2) is 30.4 Å². The summed E-state index contributed by atoms with van der Waals surface area (Å²) in [5.41, 5.74) is 6.03. The van der Waals surface area contributed by atoms with Gasteiger partial charge in [0.05, 0.1) is 5.92 Å². The molecule has 5 nitrogen and oxygen atoms in total. The number of carbonyl (C=O) groups excluding carboxylic acids is 2. The second-order valence-corrected chi connectivity index (χ2v) is 5.86. The van der Waals surface area contributed by atoms with Crippen molar-refractivity contribution in [3.05, 3.63) is 0 Å². The van der Waals surface area contributed by atoms with E-state index in [1.165, 1.54) is 0 Å². The first-order valence-electron chi connectivity index (χ1n) is 7.24. The highest BCUT2D eigenvalue weighted by Crippen LogP contribution is 2.28. The minimum atomic E-state index is -0.109. The fourth-order valence-corrected chi connectivity index (χ4v) is 2.72. The Kier molecular flexibility index (Phi) is 6.28. The molecule has 1 aliphatic carbocycles. The molecule has 0 spiro atoms. The summed E-state index contributed by atoms with van der Waals surface area (Å²) < 4.78 is 0. The van der Waals surface area contributed by atoms with E-state index < -0.39 is 0 Å². The molecule has 0 radical (unpaired) electrons. The van der Waals surface area contributed by atoms with Crippen LogP contribution < -0.4 is 16.4 Å². The van der Waals surface area contributed by atoms with Crippen molar-refractivity contribution in [2.45, 2.75) is 58.5 Å². The van der Waals surface area contributed by atoms with Gasteiger partial charge in [-0.3, -0.25) is 9.59 Å². The summed E-state index contributed by atoms with van der Waals surface area (Å²) in [6.07, 6.45) is 3.39. The third kappa shape index (κ3) is 5.19. The van der Waals surface area contributed by atoms with Crippen molar-refractivity contribution in [1.29, 1.82) is 0 Å². The standard InChI is InChI=1S/C14H27N3O2/c1-9(2)17-12(18)7-8-16-14(19)13-10(3)5-4-6-11(13)15/h9-11,13H,4-8,15H2,1-3H3,(H,16,19)(H,17,18). The Hall–Kier alpha value is -1.10. The lowest BCUT2D eigenvalue weighted by Gasteiger charge is -2.33. The van der Waals surface area contributed by atoms with E-state index in [4.69, 9.17) is 5.73 Å². The van der Waals surface area contributed by atoms with Gasteiger partial charge in [-0.1, -0.05) is 13.3 Å². The van der Waals surface area contributed by atoms with Crippen LogP contribution in [0.25, 0.3) is 0 Å². The Labute approximate surface area is 115 Å². The van der Waals surface area contributed by atoms with Crippen molar-refractivity contribution in [2.24, 2.45) is 17.6 Å². The summed E-state index contributed by atoms with van der Waals surface area (Å²) in [6, 6.07) is 0.0863. The third-order valence-corrected chi connectivity index (χ3v) is 3.67. The maximum absolute atomic E-state index is 12.1. The fraction of sp³-hybridized carbons (Fsp3) is 0.857. The normalized spacial score (nSPS) is 27.1. The largest absolute Gasteiger partial charge is 0.355 e. The molecule has 1 saturated carbocycles. The Morgan fingerprint density at radius 2 is 2.00 bits per heavy atom. The molecule has 4 N–H and O–H groups in total. The van der Waals surface area contributed by atoms with Crippen LogP contribution in [0.2, 0.25) is 0 Å². The molecule has 1 fully saturated rings. The highest BCUT2D eigenvalue weighted by molar-refractivity contribution is 5.81. The van der Waals surface area contributed by atoms with Crippen LogP contribution >= 0.6 is 0 Å². The molecule has 110 valence electrons. The molecule has 1 rings (SSSR count). The Morgan fingerprint density at radius 1 is 1.32 bits per heavy atom. The van der Waals surface area contributed by atoms with Gasteiger partial charge in [0, 0.05) is 25.0 Å². The first-order chi connectivity index (χ1) is 8.91. The van der Waals surface area contributed by atoms with E-state index >= 15 is 0 Å². The zero-order chi connectivity index (χ0) is 14.4. The summed E-state index contributed by atoms with van der Waals surface area (Å²) >= 11 is 0. The zero-order valence-corrected chi connectivity index (χ0v) is 12.2. The third-order valence-electron chi connectivity index (χ3n) is 3.67. The first-order valence-corrected chi connectivity index (χ1v) is 7.24. The predicted molar refractivity (Wildman–Crippen MR) is 75.4 cm³/mol. The predicted octanol–water partition coefficient (Wildman–Crippen LogP) is 0.781. The molecular formula is C14H27N3O2. The van der Waals surface area contributed by atoms with Gasteiger partial charge in [0.25, 0.3) is 0 Å². The van der Waals surface area contributed by atoms with Gasteiger partial charge >= 0.3 is 0 Å². The van der Waals surface area contributed by atoms with Crippen molar-refractivity contribution in [3.8, 4) is 0 Å². The molecule has 0 saturated heterocycles. The highest BCUT2D eigenvalue weighted by Gasteiger charge is 2.33. The number of hydrogen-bond acceptors (Lipinski definition) is 3. The molecule has 0 aliphatic heterocycles. The molecule has 3 unspecified atom stereocenters. The van der Waals surface area contributed by atoms with E-state index in [1.54, 1.807) is 0 Å². The Bertz CT molecular complexity index is 308. The number of amides is 2. The first kappa shape index (κ1) is 16.0. The number of hydrogen-bond donors (Lipinski definition) is 3. The average molecular weight is 269 g/mol. The molecule has 19 heavy (non-hydrogen) atoms. The SMILES string of the molecule is CC(C)NC(=O)CCNC(=O)C1C(C)CCCC1N. The van der Waals surface area contributed by atoms with E-state index in [2.05, 4.69) is 17.6 Å². The molecule has 0 heterocycles. The van der Waals surface area contributed by atoms with Gasteiger partial charge in [-0.2, -0.15) is 0 Å². The van der Waals surface area contributed by atoms with Crippen LogP contribution in [0.1, 0.15) is 46.5 Å². The maximum atomic E-state index is 12.1. The van der Waals surface area contributed by atoms with Gasteiger partial charge in [-0.25, -0.2) is 0 Å². The topological polar surface area (TPSA) is 84.2 Å². The molecule has 2 amide bonds. The van der Waals surface area contributed by atoms with E-state index in [-0.39, 0.29) is 29.8 Å². The second kappa shape index (κ2) is 7.48. The molecular weight excluding hydrogens is 242 g/mol. The smallest absolute Gasteiger partial charge is 0.224 e. The van der Waals surface area contributed by atoms with Crippen molar-refractivity contribution < 1.29 is 9.59 Å². The van der Waals surface area contributed by atoms with Crippen molar-refractivity contribution >= 4 is 11.8 Å². The number of nitrogens with one attached hydrogen (secondary N) is 2. The molecule has 0 bridgehead atoms. The molecule has 0 aromatic rings. The quantitative estimate of drug-likeness (QED) is 0.689. The van der Waals surface area contributed by atoms with E-state index in [0.717, 1.165) is 19.3 Å². The maximum Gasteiger partial charge on any atom is 0.224 e.